The van der Waals surface area contributed by atoms with Crippen molar-refractivity contribution in [3.05, 3.63) is 52.5 Å². The number of hydrogen-bond donors (Lipinski definition) is 1. The first kappa shape index (κ1) is 20.2. The van der Waals surface area contributed by atoms with Gasteiger partial charge in [0.1, 0.15) is 5.75 Å². The van der Waals surface area contributed by atoms with Gasteiger partial charge in [0.2, 0.25) is 10.0 Å². The predicted molar refractivity (Wildman–Crippen MR) is 102 cm³/mol. The largest absolute Gasteiger partial charge is 0.482 e. The molecule has 0 radical (unpaired) electrons. The third-order valence-corrected chi connectivity index (χ3v) is 5.99. The van der Waals surface area contributed by atoms with E-state index in [-0.39, 0.29) is 11.5 Å². The number of ether oxygens (including phenoxy) is 1. The van der Waals surface area contributed by atoms with Crippen molar-refractivity contribution < 1.29 is 17.9 Å². The highest BCUT2D eigenvalue weighted by atomic mass is 35.5. The lowest BCUT2D eigenvalue weighted by Gasteiger charge is -2.16. The summed E-state index contributed by atoms with van der Waals surface area (Å²) in [5, 5.41) is 3.11. The van der Waals surface area contributed by atoms with Crippen molar-refractivity contribution in [2.45, 2.75) is 18.7 Å². The number of para-hydroxylation sites is 1. The molecule has 0 bridgehead atoms. The molecule has 8 heteroatoms. The number of nitrogens with one attached hydrogen (secondary N) is 1. The van der Waals surface area contributed by atoms with E-state index in [4.69, 9.17) is 16.3 Å². The Morgan fingerprint density at radius 3 is 2.46 bits per heavy atom. The first-order chi connectivity index (χ1) is 12.1. The van der Waals surface area contributed by atoms with Gasteiger partial charge in [-0.15, -0.1) is 0 Å². The zero-order chi connectivity index (χ0) is 19.5. The highest BCUT2D eigenvalue weighted by molar-refractivity contribution is 7.89. The van der Waals surface area contributed by atoms with Crippen molar-refractivity contribution >= 4 is 33.2 Å². The molecule has 0 saturated carbocycles. The number of rotatable bonds is 6. The van der Waals surface area contributed by atoms with Gasteiger partial charge in [-0.3, -0.25) is 4.79 Å². The maximum Gasteiger partial charge on any atom is 0.262 e. The Kier molecular flexibility index (Phi) is 6.28. The third kappa shape index (κ3) is 4.55. The first-order valence-electron chi connectivity index (χ1n) is 7.84. The molecule has 1 amide bonds. The number of hydrogen-bond acceptors (Lipinski definition) is 4. The Hall–Kier alpha value is -2.09. The van der Waals surface area contributed by atoms with Crippen LogP contribution < -0.4 is 10.1 Å². The number of carbonyl (C=O) groups is 1. The predicted octanol–water partition coefficient (Wildman–Crippen LogP) is 3.22. The van der Waals surface area contributed by atoms with E-state index in [0.717, 1.165) is 15.4 Å². The molecule has 6 nitrogen and oxygen atoms in total. The number of anilines is 1. The third-order valence-electron chi connectivity index (χ3n) is 3.89. The van der Waals surface area contributed by atoms with E-state index in [0.29, 0.717) is 16.5 Å². The molecule has 140 valence electrons. The number of nitrogens with zero attached hydrogens (tertiary/aromatic N) is 1. The van der Waals surface area contributed by atoms with Gasteiger partial charge in [-0.2, -0.15) is 0 Å². The number of halogens is 1. The quantitative estimate of drug-likeness (QED) is 0.813. The smallest absolute Gasteiger partial charge is 0.262 e. The Labute approximate surface area is 158 Å². The molecule has 0 heterocycles. The Bertz CT molecular complexity index is 927. The van der Waals surface area contributed by atoms with E-state index >= 15 is 0 Å². The van der Waals surface area contributed by atoms with Gasteiger partial charge in [0.25, 0.3) is 5.91 Å². The second-order valence-electron chi connectivity index (χ2n) is 5.97. The van der Waals surface area contributed by atoms with Crippen LogP contribution in [0.2, 0.25) is 5.02 Å². The van der Waals surface area contributed by atoms with Gasteiger partial charge in [0.05, 0.1) is 9.92 Å². The number of benzene rings is 2. The summed E-state index contributed by atoms with van der Waals surface area (Å²) in [6.45, 7) is 3.36. The molecule has 2 aromatic rings. The zero-order valence-corrected chi connectivity index (χ0v) is 16.6. The lowest BCUT2D eigenvalue weighted by atomic mass is 10.1. The van der Waals surface area contributed by atoms with Crippen molar-refractivity contribution in [3.8, 4) is 5.75 Å². The molecule has 0 spiro atoms. The molecule has 0 saturated heterocycles. The molecule has 1 N–H and O–H groups in total. The highest BCUT2D eigenvalue weighted by Crippen LogP contribution is 2.26. The summed E-state index contributed by atoms with van der Waals surface area (Å²) in [6.07, 6.45) is 0. The molecule has 0 atom stereocenters. The lowest BCUT2D eigenvalue weighted by molar-refractivity contribution is -0.118. The minimum absolute atomic E-state index is 0.118. The van der Waals surface area contributed by atoms with Crippen LogP contribution in [0.25, 0.3) is 0 Å². The average molecular weight is 397 g/mol. The molecule has 0 unspecified atom stereocenters. The van der Waals surface area contributed by atoms with Gasteiger partial charge in [-0.25, -0.2) is 12.7 Å². The standard InChI is InChI=1S/C18H21ClN2O4S/c1-12-9-14(26(23,24)21(3)4)10-16(13(12)2)20-18(22)11-25-17-8-6-5-7-15(17)19/h5-10H,11H2,1-4H3,(H,20,22). The summed E-state index contributed by atoms with van der Waals surface area (Å²) in [6, 6.07) is 9.87. The Morgan fingerprint density at radius 1 is 1.19 bits per heavy atom. The molecule has 0 aliphatic heterocycles. The number of amides is 1. The topological polar surface area (TPSA) is 75.7 Å². The minimum atomic E-state index is -3.60. The van der Waals surface area contributed by atoms with E-state index in [2.05, 4.69) is 5.32 Å². The second-order valence-corrected chi connectivity index (χ2v) is 8.53. The first-order valence-corrected chi connectivity index (χ1v) is 9.65. The van der Waals surface area contributed by atoms with E-state index in [1.807, 2.05) is 6.92 Å². The van der Waals surface area contributed by atoms with Crippen LogP contribution in [0.1, 0.15) is 11.1 Å². The van der Waals surface area contributed by atoms with E-state index in [1.165, 1.54) is 20.2 Å². The fraction of sp³-hybridized carbons (Fsp3) is 0.278. The van der Waals surface area contributed by atoms with Crippen LogP contribution in [0.15, 0.2) is 41.3 Å². The van der Waals surface area contributed by atoms with Crippen LogP contribution in [0.3, 0.4) is 0 Å². The molecule has 0 aromatic heterocycles. The lowest BCUT2D eigenvalue weighted by Crippen LogP contribution is -2.24. The van der Waals surface area contributed by atoms with Crippen LogP contribution >= 0.6 is 11.6 Å². The normalized spacial score (nSPS) is 11.5. The van der Waals surface area contributed by atoms with E-state index in [1.54, 1.807) is 37.3 Å². The van der Waals surface area contributed by atoms with Crippen LogP contribution in [-0.4, -0.2) is 39.3 Å². The van der Waals surface area contributed by atoms with Crippen molar-refractivity contribution in [1.29, 1.82) is 0 Å². The summed E-state index contributed by atoms with van der Waals surface area (Å²) >= 11 is 5.99. The Morgan fingerprint density at radius 2 is 1.85 bits per heavy atom. The van der Waals surface area contributed by atoms with Gasteiger partial charge in [-0.05, 0) is 49.2 Å². The van der Waals surface area contributed by atoms with Crippen LogP contribution in [0.4, 0.5) is 5.69 Å². The maximum atomic E-state index is 12.4. The van der Waals surface area contributed by atoms with Gasteiger partial charge >= 0.3 is 0 Å². The molecule has 0 aliphatic rings. The Balaban J connectivity index is 2.19. The summed E-state index contributed by atoms with van der Waals surface area (Å²) < 4.78 is 31.2. The fourth-order valence-electron chi connectivity index (χ4n) is 2.21. The van der Waals surface area contributed by atoms with Crippen LogP contribution in [-0.2, 0) is 14.8 Å². The van der Waals surface area contributed by atoms with Gasteiger partial charge in [0, 0.05) is 19.8 Å². The second kappa shape index (κ2) is 8.07. The molecule has 2 rings (SSSR count). The van der Waals surface area contributed by atoms with Crippen molar-refractivity contribution in [3.63, 3.8) is 0 Å². The van der Waals surface area contributed by atoms with Crippen molar-refractivity contribution in [2.75, 3.05) is 26.0 Å². The molecule has 0 fully saturated rings. The van der Waals surface area contributed by atoms with Gasteiger partial charge in [0.15, 0.2) is 6.61 Å². The molecular formula is C18H21ClN2O4S. The number of sulfonamides is 1. The van der Waals surface area contributed by atoms with E-state index < -0.39 is 15.9 Å². The van der Waals surface area contributed by atoms with Gasteiger partial charge < -0.3 is 10.1 Å². The summed E-state index contributed by atoms with van der Waals surface area (Å²) in [7, 11) is -0.685. The highest BCUT2D eigenvalue weighted by Gasteiger charge is 2.20. The molecule has 2 aromatic carbocycles. The van der Waals surface area contributed by atoms with Crippen molar-refractivity contribution in [1.82, 2.24) is 4.31 Å². The molecule has 0 aliphatic carbocycles. The average Bonchev–Trinajstić information content (AvgIpc) is 2.57. The maximum absolute atomic E-state index is 12.4. The summed E-state index contributed by atoms with van der Waals surface area (Å²) in [4.78, 5) is 12.3. The van der Waals surface area contributed by atoms with Crippen LogP contribution in [0.5, 0.6) is 5.75 Å². The van der Waals surface area contributed by atoms with Gasteiger partial charge in [-0.1, -0.05) is 23.7 Å². The van der Waals surface area contributed by atoms with Crippen molar-refractivity contribution in [2.24, 2.45) is 0 Å². The monoisotopic (exact) mass is 396 g/mol. The fourth-order valence-corrected chi connectivity index (χ4v) is 3.41. The number of carbonyl (C=O) groups excluding carboxylic acids is 1. The SMILES string of the molecule is Cc1cc(S(=O)(=O)N(C)C)cc(NC(=O)COc2ccccc2Cl)c1C. The molecule has 26 heavy (non-hydrogen) atoms. The minimum Gasteiger partial charge on any atom is -0.482 e. The van der Waals surface area contributed by atoms with E-state index in [9.17, 15) is 13.2 Å². The summed E-state index contributed by atoms with van der Waals surface area (Å²) in [5.41, 5.74) is 1.97. The zero-order valence-electron chi connectivity index (χ0n) is 15.0. The number of aryl methyl sites for hydroxylation is 1. The van der Waals surface area contributed by atoms with Crippen LogP contribution in [0, 0.1) is 13.8 Å². The molecular weight excluding hydrogens is 376 g/mol. The summed E-state index contributed by atoms with van der Waals surface area (Å²) in [5.74, 6) is -0.00650.